The van der Waals surface area contributed by atoms with Crippen molar-refractivity contribution in [3.63, 3.8) is 0 Å². The number of alkyl halides is 6. The molecule has 218 valence electrons. The van der Waals surface area contributed by atoms with Gasteiger partial charge < -0.3 is 24.8 Å². The number of nitrogens with one attached hydrogen (secondary N) is 2. The van der Waals surface area contributed by atoms with E-state index in [1.54, 1.807) is 5.10 Å². The Labute approximate surface area is 222 Å². The number of rotatable bonds is 7. The summed E-state index contributed by atoms with van der Waals surface area (Å²) >= 11 is 0. The number of ether oxygens (including phenoxy) is 1. The highest BCUT2D eigenvalue weighted by atomic mass is 19.4. The first-order valence-corrected chi connectivity index (χ1v) is 11.9. The number of piperazine rings is 1. The van der Waals surface area contributed by atoms with Gasteiger partial charge in [-0.05, 0) is 13.0 Å². The highest BCUT2D eigenvalue weighted by molar-refractivity contribution is 6.05. The number of H-pyrrole nitrogens is 1. The molecule has 40 heavy (non-hydrogen) atoms. The summed E-state index contributed by atoms with van der Waals surface area (Å²) in [6.07, 6.45) is -8.87. The smallest absolute Gasteiger partial charge is 0.379 e. The monoisotopic (exact) mass is 578 g/mol. The van der Waals surface area contributed by atoms with Crippen LogP contribution in [-0.4, -0.2) is 89.1 Å². The van der Waals surface area contributed by atoms with Gasteiger partial charge in [-0.2, -0.15) is 31.4 Å². The molecule has 0 radical (unpaired) electrons. The average Bonchev–Trinajstić information content (AvgIpc) is 2.87. The van der Waals surface area contributed by atoms with Gasteiger partial charge in [0, 0.05) is 26.2 Å². The lowest BCUT2D eigenvalue weighted by Gasteiger charge is -2.46. The van der Waals surface area contributed by atoms with Crippen LogP contribution >= 0.6 is 0 Å². The van der Waals surface area contributed by atoms with Crippen molar-refractivity contribution in [2.45, 2.75) is 37.8 Å². The van der Waals surface area contributed by atoms with Crippen molar-refractivity contribution in [3.05, 3.63) is 33.9 Å². The Bertz CT molecular complexity index is 1330. The van der Waals surface area contributed by atoms with Gasteiger partial charge in [-0.15, -0.1) is 10.2 Å². The van der Waals surface area contributed by atoms with E-state index >= 15 is 0 Å². The molecule has 0 aliphatic carbocycles. The first-order valence-electron chi connectivity index (χ1n) is 11.9. The molecule has 2 atom stereocenters. The number of carbonyl (C=O) groups excluding carboxylic acids is 2. The van der Waals surface area contributed by atoms with Gasteiger partial charge in [0.2, 0.25) is 5.91 Å². The number of carbonyl (C=O) groups is 2. The number of likely N-dealkylation sites (N-methyl/N-ethyl adjacent to an activating group) is 1. The molecule has 2 aromatic heterocycles. The van der Waals surface area contributed by atoms with Crippen LogP contribution in [0.2, 0.25) is 0 Å². The molecule has 2 amide bonds. The van der Waals surface area contributed by atoms with Crippen LogP contribution in [-0.2, 0) is 26.7 Å². The predicted octanol–water partition coefficient (Wildman–Crippen LogP) is 1.50. The minimum absolute atomic E-state index is 0.0299. The van der Waals surface area contributed by atoms with E-state index in [0.717, 1.165) is 17.2 Å². The highest BCUT2D eigenvalue weighted by Gasteiger charge is 2.44. The summed E-state index contributed by atoms with van der Waals surface area (Å²) in [5.74, 6) is -0.741. The molecule has 1 saturated heterocycles. The maximum absolute atomic E-state index is 13.2. The fourth-order valence-electron chi connectivity index (χ4n) is 4.46. The second-order valence-electron chi connectivity index (χ2n) is 9.24. The number of hydrogen-bond acceptors (Lipinski definition) is 9. The highest BCUT2D eigenvalue weighted by Crippen LogP contribution is 2.38. The molecule has 2 aliphatic rings. The molecule has 0 saturated carbocycles. The van der Waals surface area contributed by atoms with Gasteiger partial charge in [-0.1, -0.05) is 0 Å². The van der Waals surface area contributed by atoms with Crippen LogP contribution in [0.15, 0.2) is 17.1 Å². The van der Waals surface area contributed by atoms with E-state index in [4.69, 9.17) is 4.74 Å². The van der Waals surface area contributed by atoms with Crippen LogP contribution in [0.5, 0.6) is 0 Å². The molecule has 2 aromatic rings. The van der Waals surface area contributed by atoms with Crippen molar-refractivity contribution in [2.75, 3.05) is 55.0 Å². The number of amides is 2. The van der Waals surface area contributed by atoms with Crippen molar-refractivity contribution >= 4 is 29.0 Å². The molecule has 0 bridgehead atoms. The van der Waals surface area contributed by atoms with Crippen LogP contribution in [0.1, 0.15) is 24.6 Å². The summed E-state index contributed by atoms with van der Waals surface area (Å²) in [7, 11) is 1.32. The Morgan fingerprint density at radius 2 is 1.90 bits per heavy atom. The van der Waals surface area contributed by atoms with Gasteiger partial charge in [0.1, 0.15) is 11.6 Å². The van der Waals surface area contributed by atoms with Gasteiger partial charge in [0.25, 0.3) is 11.5 Å². The van der Waals surface area contributed by atoms with Crippen LogP contribution in [0.25, 0.3) is 0 Å². The topological polar surface area (TPSA) is 137 Å². The molecule has 0 unspecified atom stereocenters. The van der Waals surface area contributed by atoms with Gasteiger partial charge in [0.05, 0.1) is 43.8 Å². The van der Waals surface area contributed by atoms with Gasteiger partial charge in [-0.25, -0.2) is 5.10 Å². The van der Waals surface area contributed by atoms with Gasteiger partial charge >= 0.3 is 12.4 Å². The largest absolute Gasteiger partial charge is 0.435 e. The third kappa shape index (κ3) is 5.95. The molecule has 4 rings (SSSR count). The third-order valence-electron chi connectivity index (χ3n) is 6.40. The zero-order valence-electron chi connectivity index (χ0n) is 21.1. The molecule has 12 nitrogen and oxygen atoms in total. The van der Waals surface area contributed by atoms with E-state index in [1.807, 2.05) is 0 Å². The van der Waals surface area contributed by atoms with E-state index in [-0.39, 0.29) is 56.7 Å². The minimum Gasteiger partial charge on any atom is -0.379 e. The molecule has 2 N–H and O–H groups in total. The number of aromatic nitrogens is 4. The maximum atomic E-state index is 13.2. The number of fused-ring (bicyclic) bond motifs is 3. The second kappa shape index (κ2) is 10.9. The standard InChI is InChI=1S/C22H24F6N8O4/c1-11(30-12-8-29-33-19(38)17(12)22(26,27)28)10-40-6-3-16(37)35-4-5-36-14(9-35)20(39)34(2)13-7-15(21(23,24)25)31-32-18(13)36/h7-8,11,14H,3-6,9-10H2,1-2H3,(H2,30,33,38)/t11-,14-/m0/s1. The summed E-state index contributed by atoms with van der Waals surface area (Å²) in [5, 5.41) is 14.6. The first-order chi connectivity index (χ1) is 18.7. The molecule has 18 heteroatoms. The molecule has 1 fully saturated rings. The maximum Gasteiger partial charge on any atom is 0.435 e. The summed E-state index contributed by atoms with van der Waals surface area (Å²) in [5.41, 5.74) is -4.57. The van der Waals surface area contributed by atoms with Crippen molar-refractivity contribution in [2.24, 2.45) is 0 Å². The summed E-state index contributed by atoms with van der Waals surface area (Å²) < 4.78 is 84.1. The lowest BCUT2D eigenvalue weighted by molar-refractivity contribution is -0.142. The molecule has 0 aromatic carbocycles. The van der Waals surface area contributed by atoms with Crippen molar-refractivity contribution in [1.29, 1.82) is 0 Å². The molecule has 0 spiro atoms. The lowest BCUT2D eigenvalue weighted by Crippen LogP contribution is -2.63. The Morgan fingerprint density at radius 3 is 2.58 bits per heavy atom. The summed E-state index contributed by atoms with van der Waals surface area (Å²) in [6, 6.07) is -0.771. The van der Waals surface area contributed by atoms with Gasteiger partial charge in [-0.3, -0.25) is 14.4 Å². The van der Waals surface area contributed by atoms with E-state index in [0.29, 0.717) is 0 Å². The van der Waals surface area contributed by atoms with Crippen LogP contribution in [0, 0.1) is 0 Å². The fraction of sp³-hybridized carbons (Fsp3) is 0.545. The molecular formula is C22H24F6N8O4. The average molecular weight is 578 g/mol. The SMILES string of the molecule is C[C@@H](COCCC(=O)N1CCN2c3nnc(C(F)(F)F)cc3N(C)C(=O)[C@@H]2C1)Nc1cn[nH]c(=O)c1C(F)(F)F. The summed E-state index contributed by atoms with van der Waals surface area (Å²) in [6.45, 7) is 1.63. The quantitative estimate of drug-likeness (QED) is 0.370. The van der Waals surface area contributed by atoms with E-state index < -0.39 is 52.8 Å². The Balaban J connectivity index is 1.30. The zero-order chi connectivity index (χ0) is 29.4. The normalized spacial score (nSPS) is 18.4. The van der Waals surface area contributed by atoms with Crippen LogP contribution in [0.3, 0.4) is 0 Å². The number of hydrogen-bond donors (Lipinski definition) is 2. The molecular weight excluding hydrogens is 554 g/mol. The van der Waals surface area contributed by atoms with Crippen molar-refractivity contribution < 1.29 is 40.7 Å². The first kappa shape index (κ1) is 29.0. The number of halogens is 6. The van der Waals surface area contributed by atoms with Gasteiger partial charge in [0.15, 0.2) is 11.5 Å². The van der Waals surface area contributed by atoms with Crippen LogP contribution in [0.4, 0.5) is 43.5 Å². The fourth-order valence-corrected chi connectivity index (χ4v) is 4.46. The molecule has 4 heterocycles. The number of aromatic amines is 1. The minimum atomic E-state index is -4.90. The zero-order valence-corrected chi connectivity index (χ0v) is 21.1. The Kier molecular flexibility index (Phi) is 7.91. The predicted molar refractivity (Wildman–Crippen MR) is 127 cm³/mol. The molecule has 2 aliphatic heterocycles. The summed E-state index contributed by atoms with van der Waals surface area (Å²) in [4.78, 5) is 41.3. The third-order valence-corrected chi connectivity index (χ3v) is 6.40. The van der Waals surface area contributed by atoms with E-state index in [1.165, 1.54) is 23.8 Å². The Morgan fingerprint density at radius 1 is 1.18 bits per heavy atom. The van der Waals surface area contributed by atoms with Crippen LogP contribution < -0.4 is 20.7 Å². The van der Waals surface area contributed by atoms with Crippen molar-refractivity contribution in [1.82, 2.24) is 25.3 Å². The number of nitrogens with zero attached hydrogens (tertiary/aromatic N) is 6. The van der Waals surface area contributed by atoms with Crippen molar-refractivity contribution in [3.8, 4) is 0 Å². The van der Waals surface area contributed by atoms with E-state index in [9.17, 15) is 40.7 Å². The van der Waals surface area contributed by atoms with E-state index in [2.05, 4.69) is 20.6 Å². The number of anilines is 3. The second-order valence-corrected chi connectivity index (χ2v) is 9.24. The Hall–Kier alpha value is -3.96. The lowest BCUT2D eigenvalue weighted by atomic mass is 10.1.